The molecule has 4 heteroatoms. The fourth-order valence-corrected chi connectivity index (χ4v) is 1.88. The van der Waals surface area contributed by atoms with E-state index in [-0.39, 0.29) is 0 Å². The number of aromatic nitrogens is 1. The van der Waals surface area contributed by atoms with E-state index < -0.39 is 0 Å². The van der Waals surface area contributed by atoms with Crippen molar-refractivity contribution in [1.29, 1.82) is 0 Å². The van der Waals surface area contributed by atoms with E-state index in [2.05, 4.69) is 22.2 Å². The van der Waals surface area contributed by atoms with Crippen molar-refractivity contribution in [2.75, 3.05) is 31.2 Å². The number of piperidine rings is 1. The topological polar surface area (TPSA) is 54.2 Å². The molecular formula is C11H18N4. The van der Waals surface area contributed by atoms with E-state index >= 15 is 0 Å². The molecule has 0 unspecified atom stereocenters. The quantitative estimate of drug-likeness (QED) is 0.762. The Hall–Kier alpha value is -1.29. The molecule has 1 saturated heterocycles. The standard InChI is InChI=1S/C11H18N4/c1-15-7-4-9(5-8-15)14-11-10(12)3-2-6-13-11/h2-3,6,9H,4-5,7-8,12H2,1H3,(H,13,14). The molecule has 1 aliphatic rings. The van der Waals surface area contributed by atoms with Crippen molar-refractivity contribution < 1.29 is 0 Å². The Morgan fingerprint density at radius 2 is 2.20 bits per heavy atom. The zero-order valence-electron chi connectivity index (χ0n) is 9.11. The molecular weight excluding hydrogens is 188 g/mol. The monoisotopic (exact) mass is 206 g/mol. The number of hydrogen-bond donors (Lipinski definition) is 2. The van der Waals surface area contributed by atoms with Crippen molar-refractivity contribution in [3.8, 4) is 0 Å². The van der Waals surface area contributed by atoms with Crippen LogP contribution in [0, 0.1) is 0 Å². The minimum absolute atomic E-state index is 0.512. The van der Waals surface area contributed by atoms with Gasteiger partial charge in [0.15, 0.2) is 0 Å². The summed E-state index contributed by atoms with van der Waals surface area (Å²) in [5.74, 6) is 0.826. The highest BCUT2D eigenvalue weighted by Gasteiger charge is 2.17. The van der Waals surface area contributed by atoms with E-state index in [4.69, 9.17) is 5.73 Å². The Bertz CT molecular complexity index is 318. The van der Waals surface area contributed by atoms with Gasteiger partial charge in [0.2, 0.25) is 0 Å². The van der Waals surface area contributed by atoms with E-state index in [1.807, 2.05) is 12.1 Å². The predicted molar refractivity (Wildman–Crippen MR) is 62.8 cm³/mol. The maximum atomic E-state index is 5.83. The lowest BCUT2D eigenvalue weighted by molar-refractivity contribution is 0.263. The van der Waals surface area contributed by atoms with Crippen molar-refractivity contribution in [2.45, 2.75) is 18.9 Å². The van der Waals surface area contributed by atoms with Crippen LogP contribution in [0.3, 0.4) is 0 Å². The molecule has 1 fully saturated rings. The molecule has 3 N–H and O–H groups in total. The lowest BCUT2D eigenvalue weighted by atomic mass is 10.1. The number of nitrogens with two attached hydrogens (primary N) is 1. The van der Waals surface area contributed by atoms with Gasteiger partial charge in [0.05, 0.1) is 5.69 Å². The van der Waals surface area contributed by atoms with Crippen LogP contribution >= 0.6 is 0 Å². The van der Waals surface area contributed by atoms with Gasteiger partial charge in [-0.2, -0.15) is 0 Å². The lowest BCUT2D eigenvalue weighted by Gasteiger charge is -2.30. The van der Waals surface area contributed by atoms with Crippen molar-refractivity contribution in [2.24, 2.45) is 0 Å². The first-order chi connectivity index (χ1) is 7.25. The van der Waals surface area contributed by atoms with E-state index in [0.717, 1.165) is 37.4 Å². The first kappa shape index (κ1) is 10.2. The zero-order valence-corrected chi connectivity index (χ0v) is 9.11. The van der Waals surface area contributed by atoms with Gasteiger partial charge in [-0.3, -0.25) is 0 Å². The van der Waals surface area contributed by atoms with Gasteiger partial charge in [-0.25, -0.2) is 4.98 Å². The number of hydrogen-bond acceptors (Lipinski definition) is 4. The van der Waals surface area contributed by atoms with Crippen LogP contribution in [0.15, 0.2) is 18.3 Å². The van der Waals surface area contributed by atoms with Crippen molar-refractivity contribution in [3.63, 3.8) is 0 Å². The summed E-state index contributed by atoms with van der Waals surface area (Å²) in [6, 6.07) is 4.25. The summed E-state index contributed by atoms with van der Waals surface area (Å²) >= 11 is 0. The molecule has 15 heavy (non-hydrogen) atoms. The van der Waals surface area contributed by atoms with Crippen LogP contribution in [0.25, 0.3) is 0 Å². The normalized spacial score (nSPS) is 19.0. The van der Waals surface area contributed by atoms with Crippen LogP contribution in [0.1, 0.15) is 12.8 Å². The van der Waals surface area contributed by atoms with Crippen LogP contribution < -0.4 is 11.1 Å². The van der Waals surface area contributed by atoms with Crippen LogP contribution in [0.5, 0.6) is 0 Å². The van der Waals surface area contributed by atoms with Gasteiger partial charge in [0.1, 0.15) is 5.82 Å². The van der Waals surface area contributed by atoms with Gasteiger partial charge in [-0.15, -0.1) is 0 Å². The van der Waals surface area contributed by atoms with Crippen LogP contribution in [0.2, 0.25) is 0 Å². The Labute approximate surface area is 90.5 Å². The van der Waals surface area contributed by atoms with Gasteiger partial charge in [0, 0.05) is 12.2 Å². The van der Waals surface area contributed by atoms with Crippen molar-refractivity contribution in [1.82, 2.24) is 9.88 Å². The second kappa shape index (κ2) is 4.49. The third-order valence-electron chi connectivity index (χ3n) is 2.90. The number of nitrogens with one attached hydrogen (secondary N) is 1. The average Bonchev–Trinajstić information content (AvgIpc) is 2.25. The third kappa shape index (κ3) is 2.59. The summed E-state index contributed by atoms with van der Waals surface area (Å²) in [5, 5.41) is 3.41. The SMILES string of the molecule is CN1CCC(Nc2ncccc2N)CC1. The fourth-order valence-electron chi connectivity index (χ4n) is 1.88. The largest absolute Gasteiger partial charge is 0.396 e. The molecule has 2 heterocycles. The second-order valence-corrected chi connectivity index (χ2v) is 4.16. The summed E-state index contributed by atoms with van der Waals surface area (Å²) in [6.07, 6.45) is 4.09. The molecule has 1 aromatic heterocycles. The average molecular weight is 206 g/mol. The second-order valence-electron chi connectivity index (χ2n) is 4.16. The summed E-state index contributed by atoms with van der Waals surface area (Å²) in [7, 11) is 2.16. The number of rotatable bonds is 2. The third-order valence-corrected chi connectivity index (χ3v) is 2.90. The van der Waals surface area contributed by atoms with Gasteiger partial charge < -0.3 is 16.0 Å². The molecule has 0 radical (unpaired) electrons. The number of likely N-dealkylation sites (tertiary alicyclic amines) is 1. The van der Waals surface area contributed by atoms with Crippen LogP contribution in [0.4, 0.5) is 11.5 Å². The summed E-state index contributed by atoms with van der Waals surface area (Å²) in [5.41, 5.74) is 6.56. The number of pyridine rings is 1. The molecule has 0 spiro atoms. The first-order valence-corrected chi connectivity index (χ1v) is 5.41. The molecule has 2 rings (SSSR count). The van der Waals surface area contributed by atoms with Gasteiger partial charge in [-0.1, -0.05) is 0 Å². The van der Waals surface area contributed by atoms with E-state index in [0.29, 0.717) is 6.04 Å². The molecule has 1 aliphatic heterocycles. The first-order valence-electron chi connectivity index (χ1n) is 5.41. The van der Waals surface area contributed by atoms with Gasteiger partial charge in [0.25, 0.3) is 0 Å². The van der Waals surface area contributed by atoms with E-state index in [1.54, 1.807) is 6.20 Å². The highest BCUT2D eigenvalue weighted by Crippen LogP contribution is 2.18. The van der Waals surface area contributed by atoms with Gasteiger partial charge >= 0.3 is 0 Å². The molecule has 1 aromatic rings. The summed E-state index contributed by atoms with van der Waals surface area (Å²) in [4.78, 5) is 6.59. The minimum Gasteiger partial charge on any atom is -0.396 e. The molecule has 0 atom stereocenters. The Morgan fingerprint density at radius 3 is 2.87 bits per heavy atom. The lowest BCUT2D eigenvalue weighted by Crippen LogP contribution is -2.37. The molecule has 0 aromatic carbocycles. The Kier molecular flexibility index (Phi) is 3.06. The molecule has 82 valence electrons. The number of anilines is 2. The molecule has 0 aliphatic carbocycles. The molecule has 0 saturated carbocycles. The van der Waals surface area contributed by atoms with E-state index in [9.17, 15) is 0 Å². The summed E-state index contributed by atoms with van der Waals surface area (Å²) in [6.45, 7) is 2.29. The maximum absolute atomic E-state index is 5.83. The summed E-state index contributed by atoms with van der Waals surface area (Å²) < 4.78 is 0. The van der Waals surface area contributed by atoms with Crippen molar-refractivity contribution >= 4 is 11.5 Å². The van der Waals surface area contributed by atoms with Gasteiger partial charge in [-0.05, 0) is 45.1 Å². The predicted octanol–water partition coefficient (Wildman–Crippen LogP) is 1.17. The smallest absolute Gasteiger partial charge is 0.149 e. The number of nitrogen functional groups attached to an aromatic ring is 1. The molecule has 0 amide bonds. The maximum Gasteiger partial charge on any atom is 0.149 e. The minimum atomic E-state index is 0.512. The highest BCUT2D eigenvalue weighted by molar-refractivity contribution is 5.60. The van der Waals surface area contributed by atoms with Crippen LogP contribution in [-0.2, 0) is 0 Å². The fraction of sp³-hybridized carbons (Fsp3) is 0.545. The van der Waals surface area contributed by atoms with Crippen molar-refractivity contribution in [3.05, 3.63) is 18.3 Å². The zero-order chi connectivity index (χ0) is 10.7. The Balaban J connectivity index is 1.95. The highest BCUT2D eigenvalue weighted by atomic mass is 15.1. The molecule has 0 bridgehead atoms. The molecule has 4 nitrogen and oxygen atoms in total. The van der Waals surface area contributed by atoms with Crippen LogP contribution in [-0.4, -0.2) is 36.1 Å². The van der Waals surface area contributed by atoms with E-state index in [1.165, 1.54) is 0 Å². The Morgan fingerprint density at radius 1 is 1.47 bits per heavy atom. The number of nitrogens with zero attached hydrogens (tertiary/aromatic N) is 2.